The summed E-state index contributed by atoms with van der Waals surface area (Å²) in [5, 5.41) is 0. The number of rotatable bonds is 3. The molecule has 0 spiro atoms. The Morgan fingerprint density at radius 1 is 0.885 bits per heavy atom. The van der Waals surface area contributed by atoms with Crippen LogP contribution in [0.1, 0.15) is 12.5 Å². The topological polar surface area (TPSA) is 75.9 Å². The standard InChI is InChI=1S/C20H16N2O3S/c1-15-14-17(23)12-13-19(15)21-20(16-8-4-2-5-9-16)22-26(24,25)18-10-6-3-7-11-18/h2-14H,1H3/b21-19?,22-20-. The molecule has 0 unspecified atom stereocenters. The summed E-state index contributed by atoms with van der Waals surface area (Å²) in [7, 11) is -3.92. The summed E-state index contributed by atoms with van der Waals surface area (Å²) < 4.78 is 29.2. The van der Waals surface area contributed by atoms with Crippen LogP contribution in [-0.4, -0.2) is 25.7 Å². The van der Waals surface area contributed by atoms with Crippen molar-refractivity contribution in [3.8, 4) is 0 Å². The molecule has 1 aliphatic carbocycles. The molecule has 0 aliphatic heterocycles. The number of hydrogen-bond acceptors (Lipinski definition) is 3. The van der Waals surface area contributed by atoms with Gasteiger partial charge in [0.2, 0.25) is 0 Å². The van der Waals surface area contributed by atoms with Crippen LogP contribution in [0.3, 0.4) is 0 Å². The molecule has 2 aromatic rings. The fourth-order valence-electron chi connectivity index (χ4n) is 2.35. The van der Waals surface area contributed by atoms with Crippen LogP contribution in [0, 0.1) is 0 Å². The molecule has 3 rings (SSSR count). The number of allylic oxidation sites excluding steroid dienone is 4. The molecule has 0 radical (unpaired) electrons. The smallest absolute Gasteiger partial charge is 0.284 e. The van der Waals surface area contributed by atoms with Crippen molar-refractivity contribution in [1.29, 1.82) is 0 Å². The van der Waals surface area contributed by atoms with Gasteiger partial charge in [-0.1, -0.05) is 48.5 Å². The van der Waals surface area contributed by atoms with Crippen LogP contribution in [0.4, 0.5) is 0 Å². The van der Waals surface area contributed by atoms with Crippen molar-refractivity contribution in [1.82, 2.24) is 0 Å². The number of sulfonamides is 1. The zero-order valence-electron chi connectivity index (χ0n) is 14.0. The quantitative estimate of drug-likeness (QED) is 0.476. The lowest BCUT2D eigenvalue weighted by Gasteiger charge is -2.08. The maximum atomic E-state index is 12.6. The molecule has 0 saturated carbocycles. The lowest BCUT2D eigenvalue weighted by atomic mass is 10.0. The normalized spacial score (nSPS) is 16.7. The summed E-state index contributed by atoms with van der Waals surface area (Å²) in [5.74, 6) is -0.0623. The summed E-state index contributed by atoms with van der Waals surface area (Å²) in [5.41, 5.74) is 1.71. The second kappa shape index (κ2) is 7.41. The van der Waals surface area contributed by atoms with Gasteiger partial charge in [-0.15, -0.1) is 4.40 Å². The first-order valence-electron chi connectivity index (χ1n) is 7.90. The maximum Gasteiger partial charge on any atom is 0.284 e. The number of aliphatic imine (C=N–C) groups is 1. The number of carbonyl (C=O) groups excluding carboxylic acids is 1. The first kappa shape index (κ1) is 17.7. The number of ketones is 1. The predicted octanol–water partition coefficient (Wildman–Crippen LogP) is 3.35. The van der Waals surface area contributed by atoms with Crippen molar-refractivity contribution in [2.75, 3.05) is 0 Å². The van der Waals surface area contributed by atoms with Crippen molar-refractivity contribution in [3.05, 3.63) is 90.0 Å². The van der Waals surface area contributed by atoms with Crippen LogP contribution in [0.5, 0.6) is 0 Å². The average molecular weight is 364 g/mol. The van der Waals surface area contributed by atoms with Crippen molar-refractivity contribution >= 4 is 27.4 Å². The van der Waals surface area contributed by atoms with Crippen LogP contribution in [0.15, 0.2) is 98.8 Å². The minimum atomic E-state index is -3.92. The molecule has 0 aromatic heterocycles. The maximum absolute atomic E-state index is 12.6. The van der Waals surface area contributed by atoms with Gasteiger partial charge in [-0.3, -0.25) is 4.79 Å². The van der Waals surface area contributed by atoms with E-state index in [-0.39, 0.29) is 16.5 Å². The van der Waals surface area contributed by atoms with Gasteiger partial charge in [-0.05, 0) is 42.9 Å². The number of nitrogens with zero attached hydrogens (tertiary/aromatic N) is 2. The van der Waals surface area contributed by atoms with Crippen molar-refractivity contribution < 1.29 is 13.2 Å². The zero-order valence-corrected chi connectivity index (χ0v) is 14.8. The van der Waals surface area contributed by atoms with E-state index in [0.29, 0.717) is 16.8 Å². The van der Waals surface area contributed by atoms with Crippen molar-refractivity contribution in [3.63, 3.8) is 0 Å². The monoisotopic (exact) mass is 364 g/mol. The van der Waals surface area contributed by atoms with Crippen molar-refractivity contribution in [2.45, 2.75) is 11.8 Å². The Morgan fingerprint density at radius 3 is 2.12 bits per heavy atom. The number of hydrogen-bond donors (Lipinski definition) is 0. The molecule has 0 heterocycles. The summed E-state index contributed by atoms with van der Waals surface area (Å²) in [6, 6.07) is 16.8. The average Bonchev–Trinajstić information content (AvgIpc) is 2.64. The minimum Gasteiger partial charge on any atom is -0.290 e. The van der Waals surface area contributed by atoms with Gasteiger partial charge in [0.15, 0.2) is 11.6 Å². The first-order valence-corrected chi connectivity index (χ1v) is 9.34. The fourth-order valence-corrected chi connectivity index (χ4v) is 3.33. The largest absolute Gasteiger partial charge is 0.290 e. The molecule has 0 amide bonds. The van der Waals surface area contributed by atoms with Gasteiger partial charge < -0.3 is 0 Å². The minimum absolute atomic E-state index is 0.0659. The predicted molar refractivity (Wildman–Crippen MR) is 102 cm³/mol. The van der Waals surface area contributed by atoms with E-state index in [2.05, 4.69) is 9.39 Å². The Morgan fingerprint density at radius 2 is 1.50 bits per heavy atom. The highest BCUT2D eigenvalue weighted by Crippen LogP contribution is 2.16. The van der Waals surface area contributed by atoms with Crippen molar-refractivity contribution in [2.24, 2.45) is 9.39 Å². The van der Waals surface area contributed by atoms with Crippen LogP contribution in [0.2, 0.25) is 0 Å². The molecule has 1 aliphatic rings. The Bertz CT molecular complexity index is 1050. The van der Waals surface area contributed by atoms with Gasteiger partial charge in [0.1, 0.15) is 0 Å². The van der Waals surface area contributed by atoms with Gasteiger partial charge >= 0.3 is 0 Å². The van der Waals surface area contributed by atoms with Crippen LogP contribution < -0.4 is 0 Å². The molecule has 6 heteroatoms. The molecule has 0 bridgehead atoms. The van der Waals surface area contributed by atoms with Gasteiger partial charge in [0.05, 0.1) is 10.6 Å². The molecule has 130 valence electrons. The molecule has 0 fully saturated rings. The SMILES string of the molecule is CC1=CC(=O)C=CC1=N/C(=N\S(=O)(=O)c1ccccc1)c1ccccc1. The van der Waals surface area contributed by atoms with E-state index in [1.54, 1.807) is 55.5 Å². The second-order valence-electron chi connectivity index (χ2n) is 5.63. The Labute approximate surface area is 152 Å². The number of benzene rings is 2. The van der Waals surface area contributed by atoms with Crippen LogP contribution in [-0.2, 0) is 14.8 Å². The highest BCUT2D eigenvalue weighted by Gasteiger charge is 2.16. The zero-order chi connectivity index (χ0) is 18.6. The van der Waals surface area contributed by atoms with Gasteiger partial charge in [0.25, 0.3) is 10.0 Å². The third kappa shape index (κ3) is 4.10. The second-order valence-corrected chi connectivity index (χ2v) is 7.23. The van der Waals surface area contributed by atoms with E-state index >= 15 is 0 Å². The van der Waals surface area contributed by atoms with E-state index < -0.39 is 10.0 Å². The summed E-state index contributed by atoms with van der Waals surface area (Å²) in [6.07, 6.45) is 4.40. The van der Waals surface area contributed by atoms with Gasteiger partial charge in [-0.25, -0.2) is 4.99 Å². The van der Waals surface area contributed by atoms with Crippen LogP contribution in [0.25, 0.3) is 0 Å². The molecule has 5 nitrogen and oxygen atoms in total. The Kier molecular flexibility index (Phi) is 5.04. The molecule has 0 N–H and O–H groups in total. The fraction of sp³-hybridized carbons (Fsp3) is 0.0500. The van der Waals surface area contributed by atoms with Gasteiger partial charge in [0, 0.05) is 5.56 Å². The highest BCUT2D eigenvalue weighted by molar-refractivity contribution is 7.90. The summed E-state index contributed by atoms with van der Waals surface area (Å²) in [4.78, 5) is 15.9. The van der Waals surface area contributed by atoms with Crippen LogP contribution >= 0.6 is 0 Å². The first-order chi connectivity index (χ1) is 12.5. The Balaban J connectivity index is 2.13. The van der Waals surface area contributed by atoms with E-state index in [1.165, 1.54) is 24.3 Å². The lowest BCUT2D eigenvalue weighted by Crippen LogP contribution is -2.11. The Hall–Kier alpha value is -3.12. The van der Waals surface area contributed by atoms with E-state index in [1.807, 2.05) is 6.07 Å². The van der Waals surface area contributed by atoms with E-state index in [9.17, 15) is 13.2 Å². The lowest BCUT2D eigenvalue weighted by molar-refractivity contribution is -0.110. The number of amidine groups is 1. The molecular formula is C20H16N2O3S. The molecule has 26 heavy (non-hydrogen) atoms. The molecule has 2 aromatic carbocycles. The summed E-state index contributed by atoms with van der Waals surface area (Å²) in [6.45, 7) is 1.74. The molecule has 0 saturated heterocycles. The highest BCUT2D eigenvalue weighted by atomic mass is 32.2. The van der Waals surface area contributed by atoms with E-state index in [0.717, 1.165) is 0 Å². The van der Waals surface area contributed by atoms with Gasteiger partial charge in [-0.2, -0.15) is 8.42 Å². The third-order valence-electron chi connectivity index (χ3n) is 3.67. The molecular weight excluding hydrogens is 348 g/mol. The number of carbonyl (C=O) groups is 1. The third-order valence-corrected chi connectivity index (χ3v) is 4.96. The summed E-state index contributed by atoms with van der Waals surface area (Å²) >= 11 is 0. The molecule has 0 atom stereocenters. The van der Waals surface area contributed by atoms with E-state index in [4.69, 9.17) is 0 Å².